The van der Waals surface area contributed by atoms with Gasteiger partial charge in [0.05, 0.1) is 36.4 Å². The van der Waals surface area contributed by atoms with Crippen molar-refractivity contribution < 1.29 is 22.7 Å². The largest absolute Gasteiger partial charge is 0.495 e. The van der Waals surface area contributed by atoms with Gasteiger partial charge in [-0.15, -0.1) is 0 Å². The summed E-state index contributed by atoms with van der Waals surface area (Å²) in [5.41, 5.74) is 0.815. The molecular weight excluding hydrogens is 466 g/mol. The third kappa shape index (κ3) is 4.62. The van der Waals surface area contributed by atoms with E-state index in [1.807, 2.05) is 12.1 Å². The predicted molar refractivity (Wildman–Crippen MR) is 126 cm³/mol. The number of piperidine rings is 1. The highest BCUT2D eigenvalue weighted by Crippen LogP contribution is 2.36. The first-order valence-corrected chi connectivity index (χ1v) is 12.2. The van der Waals surface area contributed by atoms with Crippen molar-refractivity contribution in [3.63, 3.8) is 0 Å². The van der Waals surface area contributed by atoms with Gasteiger partial charge in [-0.25, -0.2) is 8.42 Å². The standard InChI is InChI=1S/C23H24ClN3O5S/c1-31-19-13-20(32-2)18(12-17(19)24)26-23(28)16-8-5-11-27(14-16)33(29,30)21-9-3-6-15-7-4-10-25-22(15)21/h3-4,6-7,9-10,12-13,16H,5,8,11,14H2,1-2H3,(H,26,28). The van der Waals surface area contributed by atoms with Crippen LogP contribution in [0.4, 0.5) is 5.69 Å². The zero-order valence-electron chi connectivity index (χ0n) is 18.2. The van der Waals surface area contributed by atoms with E-state index in [1.165, 1.54) is 18.5 Å². The number of sulfonamides is 1. The Hall–Kier alpha value is -2.88. The third-order valence-electron chi connectivity index (χ3n) is 5.70. The number of nitrogens with one attached hydrogen (secondary N) is 1. The maximum atomic E-state index is 13.4. The van der Waals surface area contributed by atoms with Crippen LogP contribution in [-0.2, 0) is 14.8 Å². The second-order valence-corrected chi connectivity index (χ2v) is 10.0. The Morgan fingerprint density at radius 2 is 1.91 bits per heavy atom. The number of amides is 1. The molecule has 1 saturated heterocycles. The quantitative estimate of drug-likeness (QED) is 0.563. The Balaban J connectivity index is 1.56. The molecule has 0 saturated carbocycles. The topological polar surface area (TPSA) is 97.8 Å². The van der Waals surface area contributed by atoms with E-state index < -0.39 is 15.9 Å². The van der Waals surface area contributed by atoms with Crippen LogP contribution >= 0.6 is 11.6 Å². The molecule has 33 heavy (non-hydrogen) atoms. The van der Waals surface area contributed by atoms with Gasteiger partial charge in [-0.3, -0.25) is 9.78 Å². The number of para-hydroxylation sites is 1. The number of nitrogens with zero attached hydrogens (tertiary/aromatic N) is 2. The Morgan fingerprint density at radius 1 is 1.15 bits per heavy atom. The molecule has 1 aliphatic rings. The molecule has 174 valence electrons. The third-order valence-corrected chi connectivity index (χ3v) is 7.89. The van der Waals surface area contributed by atoms with Crippen LogP contribution in [0.3, 0.4) is 0 Å². The number of hydrogen-bond acceptors (Lipinski definition) is 6. The van der Waals surface area contributed by atoms with E-state index in [4.69, 9.17) is 21.1 Å². The molecular formula is C23H24ClN3O5S. The number of ether oxygens (including phenoxy) is 2. The van der Waals surface area contributed by atoms with Gasteiger partial charge < -0.3 is 14.8 Å². The highest BCUT2D eigenvalue weighted by atomic mass is 35.5. The lowest BCUT2D eigenvalue weighted by atomic mass is 9.98. The fourth-order valence-corrected chi connectivity index (χ4v) is 5.92. The molecule has 1 atom stereocenters. The summed E-state index contributed by atoms with van der Waals surface area (Å²) in [5.74, 6) is -0.00983. The molecule has 2 aromatic carbocycles. The molecule has 0 spiro atoms. The molecule has 3 aromatic rings. The van der Waals surface area contributed by atoms with Crippen LogP contribution in [0, 0.1) is 5.92 Å². The first-order valence-electron chi connectivity index (χ1n) is 10.4. The number of anilines is 1. The van der Waals surface area contributed by atoms with Crippen molar-refractivity contribution in [3.05, 3.63) is 53.7 Å². The molecule has 1 unspecified atom stereocenters. The lowest BCUT2D eigenvalue weighted by Crippen LogP contribution is -2.43. The van der Waals surface area contributed by atoms with E-state index in [1.54, 1.807) is 36.5 Å². The van der Waals surface area contributed by atoms with Gasteiger partial charge in [-0.1, -0.05) is 29.8 Å². The van der Waals surface area contributed by atoms with Crippen molar-refractivity contribution in [2.75, 3.05) is 32.6 Å². The summed E-state index contributed by atoms with van der Waals surface area (Å²) in [5, 5.41) is 3.89. The van der Waals surface area contributed by atoms with Crippen molar-refractivity contribution in [2.45, 2.75) is 17.7 Å². The second kappa shape index (κ2) is 9.54. The maximum absolute atomic E-state index is 13.4. The average molecular weight is 490 g/mol. The fraction of sp³-hybridized carbons (Fsp3) is 0.304. The van der Waals surface area contributed by atoms with Gasteiger partial charge in [0, 0.05) is 30.7 Å². The highest BCUT2D eigenvalue weighted by molar-refractivity contribution is 7.89. The lowest BCUT2D eigenvalue weighted by molar-refractivity contribution is -0.120. The van der Waals surface area contributed by atoms with Crippen LogP contribution in [0.2, 0.25) is 5.02 Å². The number of carbonyl (C=O) groups is 1. The van der Waals surface area contributed by atoms with Crippen LogP contribution < -0.4 is 14.8 Å². The normalized spacial score (nSPS) is 17.0. The van der Waals surface area contributed by atoms with Gasteiger partial charge in [0.15, 0.2) is 0 Å². The van der Waals surface area contributed by atoms with Crippen molar-refractivity contribution in [2.24, 2.45) is 5.92 Å². The van der Waals surface area contributed by atoms with Crippen LogP contribution in [0.25, 0.3) is 10.9 Å². The summed E-state index contributed by atoms with van der Waals surface area (Å²) in [6.45, 7) is 0.413. The molecule has 8 nitrogen and oxygen atoms in total. The highest BCUT2D eigenvalue weighted by Gasteiger charge is 2.34. The number of hydrogen-bond donors (Lipinski definition) is 1. The molecule has 0 radical (unpaired) electrons. The summed E-state index contributed by atoms with van der Waals surface area (Å²) in [6.07, 6.45) is 2.70. The minimum Gasteiger partial charge on any atom is -0.495 e. The Labute approximate surface area is 197 Å². The molecule has 10 heteroatoms. The van der Waals surface area contributed by atoms with Gasteiger partial charge in [0.1, 0.15) is 16.4 Å². The molecule has 1 fully saturated rings. The van der Waals surface area contributed by atoms with Gasteiger partial charge >= 0.3 is 0 Å². The van der Waals surface area contributed by atoms with E-state index in [0.717, 1.165) is 5.39 Å². The molecule has 0 aliphatic carbocycles. The SMILES string of the molecule is COc1cc(OC)c(NC(=O)C2CCCN(S(=O)(=O)c3cccc4cccnc34)C2)cc1Cl. The number of aromatic nitrogens is 1. The summed E-state index contributed by atoms with van der Waals surface area (Å²) < 4.78 is 38.8. The van der Waals surface area contributed by atoms with Gasteiger partial charge in [-0.2, -0.15) is 4.31 Å². The summed E-state index contributed by atoms with van der Waals surface area (Å²) in [4.78, 5) is 17.5. The molecule has 0 bridgehead atoms. The van der Waals surface area contributed by atoms with Crippen molar-refractivity contribution in [1.82, 2.24) is 9.29 Å². The Morgan fingerprint density at radius 3 is 2.67 bits per heavy atom. The monoisotopic (exact) mass is 489 g/mol. The van der Waals surface area contributed by atoms with Crippen molar-refractivity contribution in [1.29, 1.82) is 0 Å². The summed E-state index contributed by atoms with van der Waals surface area (Å²) in [6, 6.07) is 11.8. The van der Waals surface area contributed by atoms with Crippen LogP contribution in [0.1, 0.15) is 12.8 Å². The fourth-order valence-electron chi connectivity index (χ4n) is 3.99. The molecule has 4 rings (SSSR count). The number of benzene rings is 2. The predicted octanol–water partition coefficient (Wildman–Crippen LogP) is 3.94. The first-order chi connectivity index (χ1) is 15.8. The van der Waals surface area contributed by atoms with E-state index in [-0.39, 0.29) is 17.3 Å². The minimum absolute atomic E-state index is 0.0730. The minimum atomic E-state index is -3.83. The van der Waals surface area contributed by atoms with E-state index in [2.05, 4.69) is 10.3 Å². The van der Waals surface area contributed by atoms with Gasteiger partial charge in [0.25, 0.3) is 0 Å². The zero-order chi connectivity index (χ0) is 23.6. The summed E-state index contributed by atoms with van der Waals surface area (Å²) in [7, 11) is -0.863. The number of pyridine rings is 1. The lowest BCUT2D eigenvalue weighted by Gasteiger charge is -2.31. The molecule has 1 amide bonds. The first kappa shape index (κ1) is 23.3. The molecule has 1 aliphatic heterocycles. The molecule has 1 aromatic heterocycles. The van der Waals surface area contributed by atoms with Gasteiger partial charge in [-0.05, 0) is 31.0 Å². The number of carbonyl (C=O) groups excluding carboxylic acids is 1. The summed E-state index contributed by atoms with van der Waals surface area (Å²) >= 11 is 6.20. The number of rotatable bonds is 6. The average Bonchev–Trinajstić information content (AvgIpc) is 2.84. The van der Waals surface area contributed by atoms with Crippen molar-refractivity contribution in [3.8, 4) is 11.5 Å². The number of fused-ring (bicyclic) bond motifs is 1. The van der Waals surface area contributed by atoms with E-state index in [0.29, 0.717) is 47.1 Å². The second-order valence-electron chi connectivity index (χ2n) is 7.71. The van der Waals surface area contributed by atoms with Gasteiger partial charge in [0.2, 0.25) is 15.9 Å². The van der Waals surface area contributed by atoms with Crippen LogP contribution in [0.5, 0.6) is 11.5 Å². The van der Waals surface area contributed by atoms with Crippen LogP contribution in [-0.4, -0.2) is 50.9 Å². The Bertz CT molecular complexity index is 1290. The smallest absolute Gasteiger partial charge is 0.245 e. The Kier molecular flexibility index (Phi) is 6.73. The van der Waals surface area contributed by atoms with Crippen LogP contribution in [0.15, 0.2) is 53.6 Å². The number of halogens is 1. The molecule has 1 N–H and O–H groups in total. The zero-order valence-corrected chi connectivity index (χ0v) is 19.8. The maximum Gasteiger partial charge on any atom is 0.245 e. The number of methoxy groups -OCH3 is 2. The van der Waals surface area contributed by atoms with Crippen molar-refractivity contribution >= 4 is 44.1 Å². The van der Waals surface area contributed by atoms with E-state index >= 15 is 0 Å². The van der Waals surface area contributed by atoms with E-state index in [9.17, 15) is 13.2 Å². The molecule has 2 heterocycles.